The molecule has 3 fully saturated rings. The molecule has 2 aliphatic heterocycles. The average Bonchev–Trinajstić information content (AvgIpc) is 3.47. The van der Waals surface area contributed by atoms with Crippen LogP contribution in [-0.4, -0.2) is 58.4 Å². The van der Waals surface area contributed by atoms with Crippen molar-refractivity contribution < 1.29 is 38.9 Å². The summed E-state index contributed by atoms with van der Waals surface area (Å²) in [5, 5.41) is 20.6. The number of carbonyl (C=O) groups is 5. The molecule has 3 aromatic carbocycles. The number of aromatic hydroxyl groups is 1. The predicted octanol–water partition coefficient (Wildman–Crippen LogP) is 6.22. The molecule has 0 aromatic heterocycles. The number of hydrogen-bond donors (Lipinski definition) is 2. The smallest absolute Gasteiger partial charge is 0.305 e. The molecule has 0 bridgehead atoms. The molecule has 49 heavy (non-hydrogen) atoms. The van der Waals surface area contributed by atoms with Crippen molar-refractivity contribution in [1.29, 1.82) is 0 Å². The van der Waals surface area contributed by atoms with E-state index in [0.717, 1.165) is 4.90 Å². The first-order valence-electron chi connectivity index (χ1n) is 15.6. The normalized spacial score (nSPS) is 27.5. The van der Waals surface area contributed by atoms with E-state index in [-0.39, 0.29) is 41.8 Å². The number of phenolic OH excluding ortho intramolecular Hbond substituents is 1. The number of aliphatic carboxylic acids is 1. The van der Waals surface area contributed by atoms with Crippen molar-refractivity contribution in [3.63, 3.8) is 0 Å². The van der Waals surface area contributed by atoms with E-state index in [9.17, 15) is 29.4 Å². The number of carbonyl (C=O) groups excluding carboxylic acids is 4. The summed E-state index contributed by atoms with van der Waals surface area (Å²) in [5.41, 5.74) is 0.585. The lowest BCUT2D eigenvalue weighted by Gasteiger charge is -2.51. The van der Waals surface area contributed by atoms with Gasteiger partial charge in [0.05, 0.1) is 46.9 Å². The highest BCUT2D eigenvalue weighted by atomic mass is 79.9. The van der Waals surface area contributed by atoms with Crippen LogP contribution in [0.1, 0.15) is 36.3 Å². The molecule has 3 aromatic rings. The number of methoxy groups -OCH3 is 1. The highest BCUT2D eigenvalue weighted by Crippen LogP contribution is 2.66. The summed E-state index contributed by atoms with van der Waals surface area (Å²) in [6, 6.07) is 17.2. The van der Waals surface area contributed by atoms with Gasteiger partial charge in [0.15, 0.2) is 11.5 Å². The molecule has 2 saturated heterocycles. The minimum atomic E-state index is -1.53. The average molecular weight is 813 g/mol. The fourth-order valence-electron chi connectivity index (χ4n) is 8.56. The number of imide groups is 2. The molecule has 2 aliphatic carbocycles. The Hall–Kier alpha value is -4.00. The van der Waals surface area contributed by atoms with E-state index in [1.54, 1.807) is 42.5 Å². The lowest BCUT2D eigenvalue weighted by Crippen LogP contribution is -2.53. The largest absolute Gasteiger partial charge is 0.503 e. The van der Waals surface area contributed by atoms with E-state index in [1.807, 2.05) is 24.3 Å². The Morgan fingerprint density at radius 1 is 0.980 bits per heavy atom. The van der Waals surface area contributed by atoms with Gasteiger partial charge in [-0.15, -0.1) is 0 Å². The van der Waals surface area contributed by atoms with Crippen LogP contribution in [0.4, 0.5) is 5.69 Å². The van der Waals surface area contributed by atoms with Crippen LogP contribution in [0.2, 0.25) is 5.02 Å². The van der Waals surface area contributed by atoms with E-state index in [0.29, 0.717) is 31.9 Å². The summed E-state index contributed by atoms with van der Waals surface area (Å²) < 4.78 is 6.25. The van der Waals surface area contributed by atoms with Crippen LogP contribution >= 0.6 is 43.5 Å². The molecule has 1 saturated carbocycles. The number of anilines is 1. The zero-order valence-electron chi connectivity index (χ0n) is 25.9. The van der Waals surface area contributed by atoms with E-state index in [4.69, 9.17) is 16.3 Å². The van der Waals surface area contributed by atoms with Crippen molar-refractivity contribution in [3.8, 4) is 11.5 Å². The van der Waals surface area contributed by atoms with Crippen LogP contribution in [0, 0.1) is 23.7 Å². The number of hydrogen-bond acceptors (Lipinski definition) is 7. The zero-order chi connectivity index (χ0) is 34.9. The van der Waals surface area contributed by atoms with E-state index in [1.165, 1.54) is 12.0 Å². The van der Waals surface area contributed by atoms with Gasteiger partial charge in [-0.25, -0.2) is 4.90 Å². The molecule has 2 N–H and O–H groups in total. The number of benzene rings is 3. The molecule has 0 spiro atoms. The number of likely N-dealkylation sites (tertiary alicyclic amines) is 1. The molecular weight excluding hydrogens is 784 g/mol. The minimum absolute atomic E-state index is 0.0832. The van der Waals surface area contributed by atoms with Crippen molar-refractivity contribution in [3.05, 3.63) is 97.4 Å². The summed E-state index contributed by atoms with van der Waals surface area (Å²) in [6.07, 6.45) is 1.79. The Labute approximate surface area is 302 Å². The molecule has 6 atom stereocenters. The third-order valence-corrected chi connectivity index (χ3v) is 12.9. The summed E-state index contributed by atoms with van der Waals surface area (Å²) in [5.74, 6) is -7.15. The quantitative estimate of drug-likeness (QED) is 0.212. The van der Waals surface area contributed by atoms with Gasteiger partial charge in [-0.05, 0) is 86.0 Å². The van der Waals surface area contributed by atoms with Crippen LogP contribution in [0.3, 0.4) is 0 Å². The third kappa shape index (κ3) is 4.89. The van der Waals surface area contributed by atoms with Gasteiger partial charge in [-0.2, -0.15) is 0 Å². The molecule has 7 rings (SSSR count). The maximum atomic E-state index is 15.3. The summed E-state index contributed by atoms with van der Waals surface area (Å²) in [7, 11) is 1.41. The predicted molar refractivity (Wildman–Crippen MR) is 185 cm³/mol. The molecule has 13 heteroatoms. The molecule has 10 nitrogen and oxygen atoms in total. The van der Waals surface area contributed by atoms with Crippen molar-refractivity contribution in [2.24, 2.45) is 23.7 Å². The van der Waals surface area contributed by atoms with Crippen molar-refractivity contribution >= 4 is 78.7 Å². The van der Waals surface area contributed by atoms with Crippen LogP contribution in [0.5, 0.6) is 11.5 Å². The summed E-state index contributed by atoms with van der Waals surface area (Å²) >= 11 is 13.5. The number of carboxylic acid groups (broad SMARTS) is 1. The highest BCUT2D eigenvalue weighted by Gasteiger charge is 2.70. The molecule has 4 aliphatic rings. The topological polar surface area (TPSA) is 142 Å². The van der Waals surface area contributed by atoms with Crippen molar-refractivity contribution in [1.82, 2.24) is 4.90 Å². The SMILES string of the molecule is COc1cc(C2C3=CCC4C(=O)N(CCC(=O)O)C(=O)C4C3CC3C(=O)N(c4cccc(Cl)c4)C(=O)C32c2ccccc2)c(Br)c(Br)c1O. The highest BCUT2D eigenvalue weighted by molar-refractivity contribution is 9.13. The molecule has 252 valence electrons. The Morgan fingerprint density at radius 3 is 2.39 bits per heavy atom. The number of fused-ring (bicyclic) bond motifs is 4. The van der Waals surface area contributed by atoms with Gasteiger partial charge in [-0.3, -0.25) is 28.9 Å². The van der Waals surface area contributed by atoms with E-state index < -0.39 is 64.6 Å². The van der Waals surface area contributed by atoms with Crippen LogP contribution in [0.15, 0.2) is 81.3 Å². The molecule has 4 amide bonds. The molecule has 2 heterocycles. The second kappa shape index (κ2) is 12.4. The summed E-state index contributed by atoms with van der Waals surface area (Å²) in [4.78, 5) is 71.4. The first-order chi connectivity index (χ1) is 23.4. The van der Waals surface area contributed by atoms with Crippen molar-refractivity contribution in [2.75, 3.05) is 18.6 Å². The van der Waals surface area contributed by atoms with Gasteiger partial charge in [-0.1, -0.05) is 59.6 Å². The van der Waals surface area contributed by atoms with Gasteiger partial charge in [0.25, 0.3) is 0 Å². The molecule has 0 radical (unpaired) electrons. The van der Waals surface area contributed by atoms with Gasteiger partial charge in [0, 0.05) is 22.0 Å². The molecular formula is C36H29Br2ClN2O8. The Bertz CT molecular complexity index is 1990. The number of ether oxygens (including phenoxy) is 1. The fraction of sp³-hybridized carbons (Fsp3) is 0.306. The van der Waals surface area contributed by atoms with Gasteiger partial charge >= 0.3 is 5.97 Å². The minimum Gasteiger partial charge on any atom is -0.503 e. The first-order valence-corrected chi connectivity index (χ1v) is 17.6. The van der Waals surface area contributed by atoms with Crippen LogP contribution in [-0.2, 0) is 29.4 Å². The zero-order valence-corrected chi connectivity index (χ0v) is 29.9. The lowest BCUT2D eigenvalue weighted by molar-refractivity contribution is -0.142. The standard InChI is InChI=1S/C36H29Br2ClN2O8/c1-49-25-16-23(29(37)30(38)31(25)44)28-20-10-11-21-27(34(47)40(32(21)45)13-12-26(42)43)22(20)15-24-33(46)41(19-9-5-8-18(39)14-19)35(48)36(24,28)17-6-3-2-4-7-17/h2-10,14,16,21-22,24,27-28,44H,11-13,15H2,1H3,(H,42,43). The first kappa shape index (κ1) is 33.5. The van der Waals surface area contributed by atoms with Crippen LogP contribution in [0.25, 0.3) is 0 Å². The number of rotatable bonds is 7. The lowest BCUT2D eigenvalue weighted by atomic mass is 9.49. The Balaban J connectivity index is 1.51. The van der Waals surface area contributed by atoms with E-state index in [2.05, 4.69) is 31.9 Å². The summed E-state index contributed by atoms with van der Waals surface area (Å²) in [6.45, 7) is -0.253. The monoisotopic (exact) mass is 810 g/mol. The number of phenols is 1. The third-order valence-electron chi connectivity index (χ3n) is 10.5. The van der Waals surface area contributed by atoms with Crippen molar-refractivity contribution in [2.45, 2.75) is 30.6 Å². The Morgan fingerprint density at radius 2 is 1.71 bits per heavy atom. The number of nitrogens with zero attached hydrogens (tertiary/aromatic N) is 2. The van der Waals surface area contributed by atoms with Gasteiger partial charge in [0.1, 0.15) is 0 Å². The number of halogens is 3. The number of carboxylic acids is 1. The van der Waals surface area contributed by atoms with E-state index >= 15 is 4.79 Å². The maximum Gasteiger partial charge on any atom is 0.305 e. The molecule has 6 unspecified atom stereocenters. The number of amides is 4. The second-order valence-corrected chi connectivity index (χ2v) is 14.7. The second-order valence-electron chi connectivity index (χ2n) is 12.7. The fourth-order valence-corrected chi connectivity index (χ4v) is 9.70. The van der Waals surface area contributed by atoms with Crippen LogP contribution < -0.4 is 9.64 Å². The Kier molecular flexibility index (Phi) is 8.48. The number of allylic oxidation sites excluding steroid dienone is 2. The maximum absolute atomic E-state index is 15.3. The van der Waals surface area contributed by atoms with Gasteiger partial charge < -0.3 is 14.9 Å². The van der Waals surface area contributed by atoms with Gasteiger partial charge in [0.2, 0.25) is 23.6 Å².